The van der Waals surface area contributed by atoms with Gasteiger partial charge in [0.1, 0.15) is 0 Å². The molecule has 0 amide bonds. The van der Waals surface area contributed by atoms with Crippen LogP contribution in [0.4, 0.5) is 13.2 Å². The Hall–Kier alpha value is -1.09. The number of hydrogen-bond donors (Lipinski definition) is 1. The van der Waals surface area contributed by atoms with E-state index in [4.69, 9.17) is 11.6 Å². The Morgan fingerprint density at radius 1 is 1.21 bits per heavy atom. The van der Waals surface area contributed by atoms with E-state index in [9.17, 15) is 22.8 Å². The molecule has 0 saturated heterocycles. The van der Waals surface area contributed by atoms with Gasteiger partial charge in [-0.2, -0.15) is 0 Å². The summed E-state index contributed by atoms with van der Waals surface area (Å²) in [4.78, 5) is 23.1. The molecule has 0 saturated carbocycles. The maximum absolute atomic E-state index is 13.9. The molecular formula is C20H24BrClF3NO2Si. The van der Waals surface area contributed by atoms with Crippen molar-refractivity contribution in [3.8, 4) is 0 Å². The summed E-state index contributed by atoms with van der Waals surface area (Å²) in [6, 6.07) is 2.49. The van der Waals surface area contributed by atoms with E-state index in [1.165, 1.54) is 16.8 Å². The quantitative estimate of drug-likeness (QED) is 0.345. The van der Waals surface area contributed by atoms with Crippen LogP contribution in [0, 0.1) is 17.5 Å². The van der Waals surface area contributed by atoms with Gasteiger partial charge in [0.25, 0.3) is 5.56 Å². The molecule has 160 valence electrons. The molecule has 1 aromatic carbocycles. The largest absolute Gasteiger partial charge is 0.432 e. The molecule has 0 fully saturated rings. The second kappa shape index (κ2) is 8.96. The third-order valence-electron chi connectivity index (χ3n) is 5.63. The molecule has 0 radical (unpaired) electrons. The van der Waals surface area contributed by atoms with Crippen molar-refractivity contribution in [3.05, 3.63) is 67.3 Å². The minimum absolute atomic E-state index is 0.135. The van der Waals surface area contributed by atoms with Gasteiger partial charge in [-0.25, -0.2) is 13.2 Å². The van der Waals surface area contributed by atoms with Crippen molar-refractivity contribution in [1.29, 1.82) is 0 Å². The highest BCUT2D eigenvalue weighted by atomic mass is 79.9. The summed E-state index contributed by atoms with van der Waals surface area (Å²) in [5, 5.41) is -0.0229. The number of nitrogens with zero attached hydrogens (tertiary/aromatic N) is 1. The minimum Gasteiger partial charge on any atom is -0.432 e. The number of hydrogen-bond acceptors (Lipinski definition) is 2. The fourth-order valence-electron chi connectivity index (χ4n) is 3.04. The number of rotatable bonds is 7. The van der Waals surface area contributed by atoms with Gasteiger partial charge in [-0.3, -0.25) is 4.79 Å². The van der Waals surface area contributed by atoms with Gasteiger partial charge in [0.15, 0.2) is 25.8 Å². The van der Waals surface area contributed by atoms with Gasteiger partial charge in [-0.05, 0) is 70.7 Å². The van der Waals surface area contributed by atoms with Crippen LogP contribution in [0.5, 0.6) is 0 Å². The first-order chi connectivity index (χ1) is 13.2. The lowest BCUT2D eigenvalue weighted by Crippen LogP contribution is -2.39. The van der Waals surface area contributed by atoms with Crippen LogP contribution in [0.1, 0.15) is 44.7 Å². The molecule has 0 aliphatic heterocycles. The van der Waals surface area contributed by atoms with Gasteiger partial charge in [0, 0.05) is 6.20 Å². The maximum Gasteiger partial charge on any atom is 0.265 e. The van der Waals surface area contributed by atoms with Gasteiger partial charge in [-0.15, -0.1) is 0 Å². The lowest BCUT2D eigenvalue weighted by atomic mass is 9.96. The molecule has 3 nitrogen and oxygen atoms in total. The molecule has 2 aromatic rings. The van der Waals surface area contributed by atoms with Gasteiger partial charge in [0.05, 0.1) is 15.5 Å². The van der Waals surface area contributed by atoms with Crippen LogP contribution in [-0.4, -0.2) is 17.7 Å². The fraction of sp³-hybridized carbons (Fsp3) is 0.450. The molecule has 1 N–H and O–H groups in total. The van der Waals surface area contributed by atoms with Crippen molar-refractivity contribution < 1.29 is 18.0 Å². The van der Waals surface area contributed by atoms with E-state index >= 15 is 0 Å². The third kappa shape index (κ3) is 5.54. The van der Waals surface area contributed by atoms with Gasteiger partial charge >= 0.3 is 0 Å². The van der Waals surface area contributed by atoms with Crippen molar-refractivity contribution in [2.75, 3.05) is 0 Å². The molecule has 9 heteroatoms. The third-order valence-corrected chi connectivity index (χ3v) is 9.97. The SMILES string of the molecule is CC(C)(CCCC(c1cc(F)c(F)c(F)c1)n1cc(Cl)cc(Br)c1=O)[Si](C)(C)O. The van der Waals surface area contributed by atoms with Crippen molar-refractivity contribution >= 4 is 35.8 Å². The maximum atomic E-state index is 13.9. The Labute approximate surface area is 182 Å². The monoisotopic (exact) mass is 509 g/mol. The molecule has 1 atom stereocenters. The summed E-state index contributed by atoms with van der Waals surface area (Å²) < 4.78 is 42.7. The first kappa shape index (κ1) is 24.2. The van der Waals surface area contributed by atoms with E-state index < -0.39 is 37.4 Å². The standard InChI is InChI=1S/C20H24BrClF3NO2Si/c1-20(2,29(3,4)28)7-5-6-17(12-8-15(23)18(25)16(24)9-12)26-11-13(22)10-14(21)19(26)27/h8-11,17,28H,5-7H2,1-4H3. The molecule has 0 aliphatic carbocycles. The zero-order valence-electron chi connectivity index (χ0n) is 16.7. The van der Waals surface area contributed by atoms with Crippen LogP contribution in [0.3, 0.4) is 0 Å². The van der Waals surface area contributed by atoms with E-state index in [1.54, 1.807) is 0 Å². The van der Waals surface area contributed by atoms with Crippen molar-refractivity contribution in [1.82, 2.24) is 4.57 Å². The number of pyridine rings is 1. The lowest BCUT2D eigenvalue weighted by Gasteiger charge is -2.35. The first-order valence-electron chi connectivity index (χ1n) is 9.18. The molecular weight excluding hydrogens is 487 g/mol. The lowest BCUT2D eigenvalue weighted by molar-refractivity contribution is 0.410. The highest BCUT2D eigenvalue weighted by Gasteiger charge is 2.37. The molecule has 0 spiro atoms. The van der Waals surface area contributed by atoms with E-state index in [0.29, 0.717) is 19.3 Å². The average Bonchev–Trinajstić information content (AvgIpc) is 2.58. The van der Waals surface area contributed by atoms with Crippen LogP contribution < -0.4 is 5.56 Å². The fourth-order valence-corrected chi connectivity index (χ4v) is 4.63. The van der Waals surface area contributed by atoms with Gasteiger partial charge < -0.3 is 9.36 Å². The average molecular weight is 511 g/mol. The van der Waals surface area contributed by atoms with Crippen molar-refractivity contribution in [2.24, 2.45) is 0 Å². The normalized spacial score (nSPS) is 13.6. The molecule has 0 aliphatic rings. The minimum atomic E-state index is -2.44. The van der Waals surface area contributed by atoms with E-state index in [-0.39, 0.29) is 20.1 Å². The molecule has 0 bridgehead atoms. The Kier molecular flexibility index (Phi) is 7.47. The summed E-state index contributed by atoms with van der Waals surface area (Å²) >= 11 is 9.23. The number of aromatic nitrogens is 1. The Balaban J connectivity index is 2.47. The Morgan fingerprint density at radius 2 is 1.76 bits per heavy atom. The summed E-state index contributed by atoms with van der Waals surface area (Å²) in [7, 11) is -2.44. The Bertz CT molecular complexity index is 937. The predicted molar refractivity (Wildman–Crippen MR) is 115 cm³/mol. The van der Waals surface area contributed by atoms with Gasteiger partial charge in [0.2, 0.25) is 0 Å². The van der Waals surface area contributed by atoms with E-state index in [0.717, 1.165) is 12.1 Å². The molecule has 2 rings (SSSR count). The van der Waals surface area contributed by atoms with Gasteiger partial charge in [-0.1, -0.05) is 31.9 Å². The highest BCUT2D eigenvalue weighted by molar-refractivity contribution is 9.10. The smallest absolute Gasteiger partial charge is 0.265 e. The van der Waals surface area contributed by atoms with Crippen LogP contribution in [0.25, 0.3) is 0 Å². The van der Waals surface area contributed by atoms with Crippen molar-refractivity contribution in [2.45, 2.75) is 57.3 Å². The van der Waals surface area contributed by atoms with Crippen LogP contribution in [-0.2, 0) is 0 Å². The van der Waals surface area contributed by atoms with E-state index in [1.807, 2.05) is 26.9 Å². The first-order valence-corrected chi connectivity index (χ1v) is 13.3. The zero-order valence-corrected chi connectivity index (χ0v) is 20.0. The predicted octanol–water partition coefficient (Wildman–Crippen LogP) is 6.42. The Morgan fingerprint density at radius 3 is 2.28 bits per heavy atom. The number of benzene rings is 1. The topological polar surface area (TPSA) is 42.2 Å². The number of halogens is 5. The molecule has 1 unspecified atom stereocenters. The molecule has 1 aromatic heterocycles. The summed E-state index contributed by atoms with van der Waals surface area (Å²) in [5.74, 6) is -4.19. The summed E-state index contributed by atoms with van der Waals surface area (Å²) in [6.07, 6.45) is 2.98. The van der Waals surface area contributed by atoms with E-state index in [2.05, 4.69) is 15.9 Å². The second-order valence-electron chi connectivity index (χ2n) is 8.37. The van der Waals surface area contributed by atoms with Crippen LogP contribution in [0.15, 0.2) is 33.7 Å². The van der Waals surface area contributed by atoms with Crippen LogP contribution in [0.2, 0.25) is 23.2 Å². The van der Waals surface area contributed by atoms with Crippen molar-refractivity contribution in [3.63, 3.8) is 0 Å². The zero-order chi connectivity index (χ0) is 22.1. The molecule has 29 heavy (non-hydrogen) atoms. The summed E-state index contributed by atoms with van der Waals surface area (Å²) in [5.41, 5.74) is -0.281. The molecule has 1 heterocycles. The summed E-state index contributed by atoms with van der Waals surface area (Å²) in [6.45, 7) is 7.67. The second-order valence-corrected chi connectivity index (χ2v) is 14.1. The highest BCUT2D eigenvalue weighted by Crippen LogP contribution is 2.41. The van der Waals surface area contributed by atoms with Crippen LogP contribution >= 0.6 is 27.5 Å².